The lowest BCUT2D eigenvalue weighted by Crippen LogP contribution is -1.86. The zero-order valence-corrected chi connectivity index (χ0v) is 15.5. The van der Waals surface area contributed by atoms with E-state index >= 15 is 0 Å². The van der Waals surface area contributed by atoms with Crippen LogP contribution in [0.3, 0.4) is 0 Å². The fourth-order valence-electron chi connectivity index (χ4n) is 5.34. The molecule has 2 aliphatic rings. The smallest absolute Gasteiger partial charge is 0.00130 e. The quantitative estimate of drug-likeness (QED) is 0.254. The van der Waals surface area contributed by atoms with Gasteiger partial charge in [-0.05, 0) is 103 Å². The fraction of sp³-hybridized carbons (Fsp3) is 0.0714. The standard InChI is InChI=1S/C28H18/c1-2-6-18-14-26-20(11-17(18)5-1)9-10-21-13-23-15-25-22(16-27(23)28(21)26)12-19-7-3-4-8-24(19)25/h1-11,14-16H,12-13H2. The van der Waals surface area contributed by atoms with Gasteiger partial charge in [-0.25, -0.2) is 0 Å². The van der Waals surface area contributed by atoms with Crippen molar-refractivity contribution in [1.82, 2.24) is 0 Å². The topological polar surface area (TPSA) is 0 Å². The number of rotatable bonds is 0. The van der Waals surface area contributed by atoms with E-state index in [2.05, 4.69) is 84.9 Å². The molecule has 130 valence electrons. The second-order valence-corrected chi connectivity index (χ2v) is 8.20. The van der Waals surface area contributed by atoms with Gasteiger partial charge in [-0.1, -0.05) is 60.7 Å². The van der Waals surface area contributed by atoms with Crippen LogP contribution in [-0.2, 0) is 12.8 Å². The molecule has 0 aliphatic heterocycles. The highest BCUT2D eigenvalue weighted by Gasteiger charge is 2.26. The lowest BCUT2D eigenvalue weighted by Gasteiger charge is -2.10. The van der Waals surface area contributed by atoms with E-state index in [0.29, 0.717) is 0 Å². The van der Waals surface area contributed by atoms with Crippen LogP contribution in [0, 0.1) is 0 Å². The molecule has 0 N–H and O–H groups in total. The second kappa shape index (κ2) is 5.11. The van der Waals surface area contributed by atoms with Crippen LogP contribution in [0.5, 0.6) is 0 Å². The van der Waals surface area contributed by atoms with E-state index in [0.717, 1.165) is 12.8 Å². The molecule has 0 heterocycles. The Morgan fingerprint density at radius 2 is 1.14 bits per heavy atom. The largest absolute Gasteiger partial charge is 0.0619 e. The summed E-state index contributed by atoms with van der Waals surface area (Å²) in [6.45, 7) is 0. The molecule has 0 nitrogen and oxygen atoms in total. The van der Waals surface area contributed by atoms with Crippen molar-refractivity contribution in [2.75, 3.05) is 0 Å². The third-order valence-electron chi connectivity index (χ3n) is 6.64. The van der Waals surface area contributed by atoms with Gasteiger partial charge < -0.3 is 0 Å². The molecule has 5 aromatic rings. The average molecular weight is 354 g/mol. The number of fused-ring (bicyclic) bond motifs is 9. The molecule has 0 amide bonds. The molecule has 0 aromatic heterocycles. The highest BCUT2D eigenvalue weighted by molar-refractivity contribution is 6.07. The van der Waals surface area contributed by atoms with Gasteiger partial charge >= 0.3 is 0 Å². The normalized spacial score (nSPS) is 13.4. The second-order valence-electron chi connectivity index (χ2n) is 8.20. The summed E-state index contributed by atoms with van der Waals surface area (Å²) in [7, 11) is 0. The van der Waals surface area contributed by atoms with E-state index < -0.39 is 0 Å². The summed E-state index contributed by atoms with van der Waals surface area (Å²) in [6, 6.07) is 31.9. The van der Waals surface area contributed by atoms with Crippen LogP contribution in [-0.4, -0.2) is 0 Å². The first kappa shape index (κ1) is 14.6. The Kier molecular flexibility index (Phi) is 2.67. The van der Waals surface area contributed by atoms with Gasteiger partial charge in [0.2, 0.25) is 0 Å². The van der Waals surface area contributed by atoms with Crippen molar-refractivity contribution in [3.05, 3.63) is 107 Å². The summed E-state index contributed by atoms with van der Waals surface area (Å²) in [4.78, 5) is 0. The lowest BCUT2D eigenvalue weighted by atomic mass is 9.93. The first-order valence-electron chi connectivity index (χ1n) is 10.0. The maximum atomic E-state index is 2.48. The highest BCUT2D eigenvalue weighted by atomic mass is 14.3. The van der Waals surface area contributed by atoms with Crippen molar-refractivity contribution in [1.29, 1.82) is 0 Å². The van der Waals surface area contributed by atoms with E-state index in [9.17, 15) is 0 Å². The highest BCUT2D eigenvalue weighted by Crippen LogP contribution is 2.47. The zero-order valence-electron chi connectivity index (χ0n) is 15.5. The monoisotopic (exact) mass is 354 g/mol. The minimum atomic E-state index is 1.04. The van der Waals surface area contributed by atoms with Crippen LogP contribution in [0.15, 0.2) is 84.9 Å². The molecule has 5 aromatic carbocycles. The zero-order chi connectivity index (χ0) is 18.2. The van der Waals surface area contributed by atoms with Crippen molar-refractivity contribution < 1.29 is 0 Å². The molecule has 0 saturated carbocycles. The van der Waals surface area contributed by atoms with Gasteiger partial charge in [0.25, 0.3) is 0 Å². The predicted molar refractivity (Wildman–Crippen MR) is 118 cm³/mol. The van der Waals surface area contributed by atoms with Gasteiger partial charge in [0.15, 0.2) is 0 Å². The van der Waals surface area contributed by atoms with E-state index in [1.165, 1.54) is 66.1 Å². The Bertz CT molecular complexity index is 1450. The Morgan fingerprint density at radius 3 is 2.07 bits per heavy atom. The maximum absolute atomic E-state index is 2.48. The molecule has 0 bridgehead atoms. The molecule has 7 rings (SSSR count). The van der Waals surface area contributed by atoms with Gasteiger partial charge in [-0.3, -0.25) is 0 Å². The Hall–Kier alpha value is -3.38. The molecule has 0 spiro atoms. The van der Waals surface area contributed by atoms with Crippen LogP contribution in [0.25, 0.3) is 43.8 Å². The maximum Gasteiger partial charge on any atom is -0.00130 e. The van der Waals surface area contributed by atoms with Crippen molar-refractivity contribution in [3.63, 3.8) is 0 Å². The Morgan fingerprint density at radius 1 is 0.429 bits per heavy atom. The summed E-state index contributed by atoms with van der Waals surface area (Å²) in [5.74, 6) is 0. The van der Waals surface area contributed by atoms with E-state index in [4.69, 9.17) is 0 Å². The summed E-state index contributed by atoms with van der Waals surface area (Å²) in [5.41, 5.74) is 11.7. The van der Waals surface area contributed by atoms with Crippen molar-refractivity contribution >= 4 is 21.5 Å². The molecular formula is C28H18. The summed E-state index contributed by atoms with van der Waals surface area (Å²) in [6.07, 6.45) is 2.10. The SMILES string of the molecule is c1ccc2c(c1)Cc1cc3c(cc1-2)Cc1ccc2cc4ccccc4cc2c1-3. The first-order chi connectivity index (χ1) is 13.8. The average Bonchev–Trinajstić information content (AvgIpc) is 3.28. The van der Waals surface area contributed by atoms with Gasteiger partial charge in [0.1, 0.15) is 0 Å². The number of hydrogen-bond acceptors (Lipinski definition) is 0. The molecule has 0 atom stereocenters. The Labute approximate surface area is 164 Å². The molecule has 0 unspecified atom stereocenters. The molecule has 0 radical (unpaired) electrons. The molecular weight excluding hydrogens is 336 g/mol. The predicted octanol–water partition coefficient (Wildman–Crippen LogP) is 7.14. The third kappa shape index (κ3) is 1.85. The first-order valence-corrected chi connectivity index (χ1v) is 10.0. The fourth-order valence-corrected chi connectivity index (χ4v) is 5.34. The molecule has 0 heteroatoms. The number of hydrogen-bond donors (Lipinski definition) is 0. The van der Waals surface area contributed by atoms with Crippen molar-refractivity contribution in [2.24, 2.45) is 0 Å². The third-order valence-corrected chi connectivity index (χ3v) is 6.64. The van der Waals surface area contributed by atoms with Crippen molar-refractivity contribution in [3.8, 4) is 22.3 Å². The van der Waals surface area contributed by atoms with Crippen LogP contribution < -0.4 is 0 Å². The van der Waals surface area contributed by atoms with Crippen LogP contribution in [0.4, 0.5) is 0 Å². The van der Waals surface area contributed by atoms with Gasteiger partial charge in [-0.15, -0.1) is 0 Å². The summed E-state index contributed by atoms with van der Waals surface area (Å²) >= 11 is 0. The van der Waals surface area contributed by atoms with E-state index in [1.807, 2.05) is 0 Å². The lowest BCUT2D eigenvalue weighted by molar-refractivity contribution is 1.24. The molecule has 0 fully saturated rings. The minimum absolute atomic E-state index is 1.04. The van der Waals surface area contributed by atoms with Gasteiger partial charge in [-0.2, -0.15) is 0 Å². The molecule has 28 heavy (non-hydrogen) atoms. The van der Waals surface area contributed by atoms with Gasteiger partial charge in [0.05, 0.1) is 0 Å². The summed E-state index contributed by atoms with van der Waals surface area (Å²) in [5, 5.41) is 5.38. The van der Waals surface area contributed by atoms with Gasteiger partial charge in [0, 0.05) is 0 Å². The van der Waals surface area contributed by atoms with Crippen molar-refractivity contribution in [2.45, 2.75) is 12.8 Å². The van der Waals surface area contributed by atoms with Crippen LogP contribution >= 0.6 is 0 Å². The summed E-state index contributed by atoms with van der Waals surface area (Å²) < 4.78 is 0. The Balaban J connectivity index is 1.51. The van der Waals surface area contributed by atoms with Crippen LogP contribution in [0.2, 0.25) is 0 Å². The van der Waals surface area contributed by atoms with E-state index in [1.54, 1.807) is 0 Å². The van der Waals surface area contributed by atoms with E-state index in [-0.39, 0.29) is 0 Å². The number of benzene rings is 5. The minimum Gasteiger partial charge on any atom is -0.0619 e. The molecule has 2 aliphatic carbocycles. The van der Waals surface area contributed by atoms with Crippen LogP contribution in [0.1, 0.15) is 22.3 Å². The molecule has 0 saturated heterocycles.